The summed E-state index contributed by atoms with van der Waals surface area (Å²) in [6.07, 6.45) is 4.85. The molecule has 2 rings (SSSR count). The topological polar surface area (TPSA) is 51.0 Å². The third-order valence-electron chi connectivity index (χ3n) is 2.96. The second-order valence-electron chi connectivity index (χ2n) is 4.23. The summed E-state index contributed by atoms with van der Waals surface area (Å²) >= 11 is 0. The van der Waals surface area contributed by atoms with Crippen molar-refractivity contribution < 1.29 is 4.79 Å². The Bertz CT molecular complexity index is 328. The SMILES string of the molecule is CN1CCC(Cn2cc(C=O)nn2)CC1. The van der Waals surface area contributed by atoms with Crippen molar-refractivity contribution in [3.05, 3.63) is 11.9 Å². The molecule has 1 aromatic heterocycles. The summed E-state index contributed by atoms with van der Waals surface area (Å²) in [7, 11) is 2.15. The number of hydrogen-bond acceptors (Lipinski definition) is 4. The smallest absolute Gasteiger partial charge is 0.171 e. The minimum Gasteiger partial charge on any atom is -0.306 e. The Morgan fingerprint density at radius 2 is 2.27 bits per heavy atom. The Hall–Kier alpha value is -1.23. The Balaban J connectivity index is 1.88. The molecule has 0 aromatic carbocycles. The van der Waals surface area contributed by atoms with E-state index in [0.29, 0.717) is 11.6 Å². The summed E-state index contributed by atoms with van der Waals surface area (Å²) < 4.78 is 1.78. The Kier molecular flexibility index (Phi) is 3.11. The maximum absolute atomic E-state index is 10.4. The van der Waals surface area contributed by atoms with Gasteiger partial charge >= 0.3 is 0 Å². The van der Waals surface area contributed by atoms with Crippen molar-refractivity contribution in [2.45, 2.75) is 19.4 Å². The van der Waals surface area contributed by atoms with Crippen molar-refractivity contribution in [2.75, 3.05) is 20.1 Å². The highest BCUT2D eigenvalue weighted by atomic mass is 16.1. The van der Waals surface area contributed by atoms with Crippen molar-refractivity contribution in [3.63, 3.8) is 0 Å². The zero-order chi connectivity index (χ0) is 10.7. The molecule has 82 valence electrons. The van der Waals surface area contributed by atoms with E-state index in [1.807, 2.05) is 0 Å². The van der Waals surface area contributed by atoms with Crippen molar-refractivity contribution in [1.29, 1.82) is 0 Å². The monoisotopic (exact) mass is 208 g/mol. The summed E-state index contributed by atoms with van der Waals surface area (Å²) in [6.45, 7) is 3.19. The van der Waals surface area contributed by atoms with Crippen molar-refractivity contribution >= 4 is 6.29 Å². The number of carbonyl (C=O) groups excluding carboxylic acids is 1. The fourth-order valence-electron chi connectivity index (χ4n) is 1.97. The van der Waals surface area contributed by atoms with Gasteiger partial charge < -0.3 is 4.90 Å². The average molecular weight is 208 g/mol. The van der Waals surface area contributed by atoms with Gasteiger partial charge in [0.05, 0.1) is 6.20 Å². The second-order valence-corrected chi connectivity index (χ2v) is 4.23. The van der Waals surface area contributed by atoms with Crippen LogP contribution >= 0.6 is 0 Å². The molecule has 1 aromatic rings. The van der Waals surface area contributed by atoms with Crippen LogP contribution in [-0.2, 0) is 6.54 Å². The van der Waals surface area contributed by atoms with Crippen LogP contribution in [0.15, 0.2) is 6.20 Å². The number of carbonyl (C=O) groups is 1. The molecule has 0 bridgehead atoms. The summed E-state index contributed by atoms with van der Waals surface area (Å²) in [4.78, 5) is 12.8. The van der Waals surface area contributed by atoms with Gasteiger partial charge in [0.25, 0.3) is 0 Å². The van der Waals surface area contributed by atoms with E-state index in [0.717, 1.165) is 25.9 Å². The van der Waals surface area contributed by atoms with Gasteiger partial charge in [0.2, 0.25) is 0 Å². The number of rotatable bonds is 3. The van der Waals surface area contributed by atoms with Gasteiger partial charge in [-0.25, -0.2) is 0 Å². The predicted octanol–water partition coefficient (Wildman–Crippen LogP) is 0.432. The summed E-state index contributed by atoms with van der Waals surface area (Å²) in [5.41, 5.74) is 0.419. The molecule has 0 atom stereocenters. The minimum absolute atomic E-state index is 0.419. The standard InChI is InChI=1S/C10H16N4O/c1-13-4-2-9(3-5-13)6-14-7-10(8-15)11-12-14/h7-9H,2-6H2,1H3. The molecule has 0 unspecified atom stereocenters. The first kappa shape index (κ1) is 10.3. The summed E-state index contributed by atoms with van der Waals surface area (Å²) in [6, 6.07) is 0. The van der Waals surface area contributed by atoms with E-state index in [1.165, 1.54) is 12.8 Å². The maximum atomic E-state index is 10.4. The Labute approximate surface area is 89.1 Å². The zero-order valence-corrected chi connectivity index (χ0v) is 8.96. The summed E-state index contributed by atoms with van der Waals surface area (Å²) in [5.74, 6) is 0.669. The molecule has 1 fully saturated rings. The molecular formula is C10H16N4O. The van der Waals surface area contributed by atoms with Crippen LogP contribution in [0.4, 0.5) is 0 Å². The number of aromatic nitrogens is 3. The lowest BCUT2D eigenvalue weighted by Crippen LogP contribution is -2.32. The molecule has 0 spiro atoms. The molecule has 0 amide bonds. The second kappa shape index (κ2) is 4.53. The quantitative estimate of drug-likeness (QED) is 0.676. The lowest BCUT2D eigenvalue weighted by molar-refractivity contribution is 0.111. The molecule has 0 saturated carbocycles. The van der Waals surface area contributed by atoms with Crippen LogP contribution in [0.2, 0.25) is 0 Å². The van der Waals surface area contributed by atoms with Crippen molar-refractivity contribution in [2.24, 2.45) is 5.92 Å². The van der Waals surface area contributed by atoms with Crippen LogP contribution in [0, 0.1) is 5.92 Å². The van der Waals surface area contributed by atoms with E-state index in [2.05, 4.69) is 22.3 Å². The zero-order valence-electron chi connectivity index (χ0n) is 8.96. The maximum Gasteiger partial charge on any atom is 0.171 e. The highest BCUT2D eigenvalue weighted by Crippen LogP contribution is 2.17. The van der Waals surface area contributed by atoms with Crippen LogP contribution in [0.25, 0.3) is 0 Å². The van der Waals surface area contributed by atoms with Crippen LogP contribution < -0.4 is 0 Å². The first-order valence-electron chi connectivity index (χ1n) is 5.32. The number of likely N-dealkylation sites (tertiary alicyclic amines) is 1. The highest BCUT2D eigenvalue weighted by molar-refractivity contribution is 5.70. The number of aldehydes is 1. The number of hydrogen-bond donors (Lipinski definition) is 0. The van der Waals surface area contributed by atoms with Gasteiger partial charge in [-0.1, -0.05) is 5.21 Å². The van der Waals surface area contributed by atoms with Gasteiger partial charge in [-0.15, -0.1) is 5.10 Å². The lowest BCUT2D eigenvalue weighted by atomic mass is 9.97. The molecule has 15 heavy (non-hydrogen) atoms. The number of piperidine rings is 1. The van der Waals surface area contributed by atoms with Crippen LogP contribution in [-0.4, -0.2) is 46.3 Å². The molecule has 0 aliphatic carbocycles. The highest BCUT2D eigenvalue weighted by Gasteiger charge is 2.17. The molecule has 1 saturated heterocycles. The lowest BCUT2D eigenvalue weighted by Gasteiger charge is -2.28. The van der Waals surface area contributed by atoms with Gasteiger partial charge in [-0.05, 0) is 38.9 Å². The Morgan fingerprint density at radius 1 is 1.53 bits per heavy atom. The Morgan fingerprint density at radius 3 is 2.87 bits per heavy atom. The van der Waals surface area contributed by atoms with Gasteiger partial charge in [0.15, 0.2) is 6.29 Å². The van der Waals surface area contributed by atoms with Gasteiger partial charge in [-0.2, -0.15) is 0 Å². The third kappa shape index (κ3) is 2.62. The fourth-order valence-corrected chi connectivity index (χ4v) is 1.97. The first-order chi connectivity index (χ1) is 7.28. The van der Waals surface area contributed by atoms with Gasteiger partial charge in [0, 0.05) is 6.54 Å². The van der Waals surface area contributed by atoms with Crippen LogP contribution in [0.1, 0.15) is 23.3 Å². The molecule has 5 heteroatoms. The molecule has 5 nitrogen and oxygen atoms in total. The van der Waals surface area contributed by atoms with E-state index in [-0.39, 0.29) is 0 Å². The summed E-state index contributed by atoms with van der Waals surface area (Å²) in [5, 5.41) is 7.67. The minimum atomic E-state index is 0.419. The normalized spacial score (nSPS) is 19.3. The molecular weight excluding hydrogens is 192 g/mol. The van der Waals surface area contributed by atoms with E-state index < -0.39 is 0 Å². The van der Waals surface area contributed by atoms with Crippen molar-refractivity contribution in [1.82, 2.24) is 19.9 Å². The first-order valence-corrected chi connectivity index (χ1v) is 5.32. The van der Waals surface area contributed by atoms with Crippen LogP contribution in [0.5, 0.6) is 0 Å². The third-order valence-corrected chi connectivity index (χ3v) is 2.96. The van der Waals surface area contributed by atoms with E-state index >= 15 is 0 Å². The predicted molar refractivity (Wildman–Crippen MR) is 55.6 cm³/mol. The largest absolute Gasteiger partial charge is 0.306 e. The molecule has 1 aliphatic rings. The van der Waals surface area contributed by atoms with E-state index in [9.17, 15) is 4.79 Å². The average Bonchev–Trinajstić information content (AvgIpc) is 2.69. The fraction of sp³-hybridized carbons (Fsp3) is 0.700. The molecule has 0 radical (unpaired) electrons. The van der Waals surface area contributed by atoms with Crippen molar-refractivity contribution in [3.8, 4) is 0 Å². The van der Waals surface area contributed by atoms with Gasteiger partial charge in [-0.3, -0.25) is 9.48 Å². The molecule has 0 N–H and O–H groups in total. The number of nitrogens with zero attached hydrogens (tertiary/aromatic N) is 4. The van der Waals surface area contributed by atoms with E-state index in [4.69, 9.17) is 0 Å². The molecule has 1 aliphatic heterocycles. The molecule has 2 heterocycles. The van der Waals surface area contributed by atoms with E-state index in [1.54, 1.807) is 10.9 Å². The van der Waals surface area contributed by atoms with Gasteiger partial charge in [0.1, 0.15) is 5.69 Å². The van der Waals surface area contributed by atoms with Crippen LogP contribution in [0.3, 0.4) is 0 Å².